The first-order valence-corrected chi connectivity index (χ1v) is 10.1. The zero-order chi connectivity index (χ0) is 20.8. The topological polar surface area (TPSA) is 80.5 Å². The number of nitrogen functional groups attached to an aromatic ring is 1. The number of amides is 1. The minimum Gasteiger partial charge on any atom is -0.444 e. The molecule has 1 aromatic heterocycles. The van der Waals surface area contributed by atoms with Gasteiger partial charge in [0.1, 0.15) is 11.1 Å². The van der Waals surface area contributed by atoms with Crippen LogP contribution in [0.2, 0.25) is 5.02 Å². The van der Waals surface area contributed by atoms with Crippen molar-refractivity contribution >= 4 is 55.9 Å². The van der Waals surface area contributed by atoms with E-state index in [9.17, 15) is 9.18 Å². The number of nitrogens with one attached hydrogen (secondary N) is 1. The number of carbonyl (C=O) groups is 1. The lowest BCUT2D eigenvalue weighted by molar-refractivity contribution is -0.00279. The number of nitrogens with zero attached hydrogens (tertiary/aromatic N) is 2. The molecule has 152 valence electrons. The summed E-state index contributed by atoms with van der Waals surface area (Å²) in [7, 11) is 0. The third-order valence-electron chi connectivity index (χ3n) is 4.67. The second-order valence-electron chi connectivity index (χ2n) is 8.05. The minimum absolute atomic E-state index is 0.00271. The molecule has 1 saturated heterocycles. The lowest BCUT2D eigenvalue weighted by atomic mass is 9.92. The van der Waals surface area contributed by atoms with Crippen molar-refractivity contribution in [2.24, 2.45) is 5.92 Å². The number of ether oxygens (including phenoxy) is 1. The van der Waals surface area contributed by atoms with Crippen LogP contribution in [0.4, 0.5) is 20.6 Å². The van der Waals surface area contributed by atoms with Crippen molar-refractivity contribution in [1.82, 2.24) is 9.88 Å². The number of anilines is 2. The maximum Gasteiger partial charge on any atom is 0.410 e. The first kappa shape index (κ1) is 20.9. The first-order valence-electron chi connectivity index (χ1n) is 8.94. The third-order valence-corrected chi connectivity index (χ3v) is 5.97. The molecule has 1 atom stereocenters. The predicted octanol–water partition coefficient (Wildman–Crippen LogP) is 5.04. The lowest BCUT2D eigenvalue weighted by Gasteiger charge is -2.43. The van der Waals surface area contributed by atoms with Crippen LogP contribution in [-0.4, -0.2) is 40.7 Å². The van der Waals surface area contributed by atoms with E-state index in [1.165, 1.54) is 6.20 Å². The standard InChI is InChI=1S/C19H23BrClFN4O2/c1-9(10-7-26(8-10)18(27)28-19(2,3)4)25-16-11-5-12(21)14(20)15(22)17(11)24-6-13(16)23/h5-6,9-10H,7-8,23H2,1-4H3,(H,24,25). The molecule has 1 aliphatic heterocycles. The first-order chi connectivity index (χ1) is 13.0. The Balaban J connectivity index is 1.75. The van der Waals surface area contributed by atoms with E-state index in [0.29, 0.717) is 29.9 Å². The second kappa shape index (κ2) is 7.55. The maximum atomic E-state index is 14.5. The van der Waals surface area contributed by atoms with E-state index in [1.807, 2.05) is 27.7 Å². The van der Waals surface area contributed by atoms with Crippen molar-refractivity contribution in [1.29, 1.82) is 0 Å². The molecule has 6 nitrogen and oxygen atoms in total. The molecule has 2 aromatic rings. The quantitative estimate of drug-likeness (QED) is 0.611. The molecule has 28 heavy (non-hydrogen) atoms. The van der Waals surface area contributed by atoms with Gasteiger partial charge in [0.25, 0.3) is 0 Å². The van der Waals surface area contributed by atoms with Crippen molar-refractivity contribution in [3.05, 3.63) is 27.6 Å². The molecule has 3 rings (SSSR count). The van der Waals surface area contributed by atoms with E-state index in [1.54, 1.807) is 11.0 Å². The minimum atomic E-state index is -0.530. The molecule has 1 aliphatic rings. The van der Waals surface area contributed by atoms with Crippen molar-refractivity contribution in [3.63, 3.8) is 0 Å². The Hall–Kier alpha value is -1.80. The summed E-state index contributed by atoms with van der Waals surface area (Å²) >= 11 is 9.25. The average Bonchev–Trinajstić information content (AvgIpc) is 2.52. The number of fused-ring (bicyclic) bond motifs is 1. The van der Waals surface area contributed by atoms with Gasteiger partial charge in [0, 0.05) is 30.4 Å². The van der Waals surface area contributed by atoms with Gasteiger partial charge < -0.3 is 20.7 Å². The summed E-state index contributed by atoms with van der Waals surface area (Å²) in [5, 5.41) is 4.11. The normalized spacial score (nSPS) is 16.0. The zero-order valence-electron chi connectivity index (χ0n) is 16.1. The van der Waals surface area contributed by atoms with E-state index in [0.717, 1.165) is 0 Å². The van der Waals surface area contributed by atoms with Gasteiger partial charge in [0.2, 0.25) is 0 Å². The van der Waals surface area contributed by atoms with E-state index < -0.39 is 11.4 Å². The van der Waals surface area contributed by atoms with Gasteiger partial charge in [-0.15, -0.1) is 0 Å². The van der Waals surface area contributed by atoms with Crippen LogP contribution in [0.15, 0.2) is 16.7 Å². The Kier molecular flexibility index (Phi) is 5.64. The molecular formula is C19H23BrClFN4O2. The number of hydrogen-bond acceptors (Lipinski definition) is 5. The number of likely N-dealkylation sites (tertiary alicyclic amines) is 1. The molecule has 0 spiro atoms. The smallest absolute Gasteiger partial charge is 0.410 e. The summed E-state index contributed by atoms with van der Waals surface area (Å²) in [5.41, 5.74) is 6.74. The molecule has 1 amide bonds. The van der Waals surface area contributed by atoms with Gasteiger partial charge in [-0.3, -0.25) is 4.98 Å². The number of halogens is 3. The molecule has 9 heteroatoms. The Morgan fingerprint density at radius 2 is 2.14 bits per heavy atom. The summed E-state index contributed by atoms with van der Waals surface area (Å²) in [4.78, 5) is 17.9. The van der Waals surface area contributed by atoms with Gasteiger partial charge in [0.15, 0.2) is 5.82 Å². The van der Waals surface area contributed by atoms with Gasteiger partial charge in [-0.1, -0.05) is 11.6 Å². The fourth-order valence-electron chi connectivity index (χ4n) is 3.07. The Labute approximate surface area is 176 Å². The Morgan fingerprint density at radius 1 is 1.50 bits per heavy atom. The molecule has 1 unspecified atom stereocenters. The van der Waals surface area contributed by atoms with Crippen LogP contribution >= 0.6 is 27.5 Å². The van der Waals surface area contributed by atoms with E-state index in [-0.39, 0.29) is 33.1 Å². The summed E-state index contributed by atoms with van der Waals surface area (Å²) in [6.07, 6.45) is 1.11. The van der Waals surface area contributed by atoms with Crippen LogP contribution in [0, 0.1) is 11.7 Å². The van der Waals surface area contributed by atoms with Gasteiger partial charge >= 0.3 is 6.09 Å². The zero-order valence-corrected chi connectivity index (χ0v) is 18.5. The predicted molar refractivity (Wildman–Crippen MR) is 113 cm³/mol. The molecule has 1 aromatic carbocycles. The molecule has 0 saturated carbocycles. The van der Waals surface area contributed by atoms with E-state index >= 15 is 0 Å². The molecule has 2 heterocycles. The molecule has 1 fully saturated rings. The number of nitrogens with two attached hydrogens (primary N) is 1. The summed E-state index contributed by atoms with van der Waals surface area (Å²) < 4.78 is 20.1. The van der Waals surface area contributed by atoms with Crippen LogP contribution in [0.3, 0.4) is 0 Å². The van der Waals surface area contributed by atoms with Crippen LogP contribution in [0.25, 0.3) is 10.9 Å². The van der Waals surface area contributed by atoms with Crippen molar-refractivity contribution in [3.8, 4) is 0 Å². The number of rotatable bonds is 3. The summed E-state index contributed by atoms with van der Waals surface area (Å²) in [5.74, 6) is -0.316. The van der Waals surface area contributed by atoms with Gasteiger partial charge in [-0.25, -0.2) is 9.18 Å². The fraction of sp³-hybridized carbons (Fsp3) is 0.474. The third kappa shape index (κ3) is 4.12. The Bertz CT molecular complexity index is 929. The van der Waals surface area contributed by atoms with Crippen LogP contribution in [0.1, 0.15) is 27.7 Å². The van der Waals surface area contributed by atoms with Crippen molar-refractivity contribution in [2.45, 2.75) is 39.3 Å². The molecule has 3 N–H and O–H groups in total. The number of aromatic nitrogens is 1. The second-order valence-corrected chi connectivity index (χ2v) is 9.25. The van der Waals surface area contributed by atoms with Gasteiger partial charge in [-0.05, 0) is 49.7 Å². The lowest BCUT2D eigenvalue weighted by Crippen LogP contribution is -2.56. The highest BCUT2D eigenvalue weighted by atomic mass is 79.9. The van der Waals surface area contributed by atoms with E-state index in [4.69, 9.17) is 22.1 Å². The largest absolute Gasteiger partial charge is 0.444 e. The van der Waals surface area contributed by atoms with Gasteiger partial charge in [-0.2, -0.15) is 0 Å². The van der Waals surface area contributed by atoms with Crippen molar-refractivity contribution in [2.75, 3.05) is 24.1 Å². The molecule has 0 bridgehead atoms. The van der Waals surface area contributed by atoms with Crippen LogP contribution in [-0.2, 0) is 4.74 Å². The summed E-state index contributed by atoms with van der Waals surface area (Å²) in [6.45, 7) is 8.67. The highest BCUT2D eigenvalue weighted by Gasteiger charge is 2.37. The summed E-state index contributed by atoms with van der Waals surface area (Å²) in [6, 6.07) is 1.63. The fourth-order valence-corrected chi connectivity index (χ4v) is 3.56. The van der Waals surface area contributed by atoms with Crippen molar-refractivity contribution < 1.29 is 13.9 Å². The SMILES string of the molecule is CC(Nc1c(N)cnc2c(F)c(Br)c(Cl)cc12)C1CN(C(=O)OC(C)(C)C)C1. The number of benzene rings is 1. The number of carbonyl (C=O) groups excluding carboxylic acids is 1. The monoisotopic (exact) mass is 472 g/mol. The highest BCUT2D eigenvalue weighted by Crippen LogP contribution is 2.37. The highest BCUT2D eigenvalue weighted by molar-refractivity contribution is 9.10. The average molecular weight is 474 g/mol. The van der Waals surface area contributed by atoms with Crippen LogP contribution in [0.5, 0.6) is 0 Å². The van der Waals surface area contributed by atoms with E-state index in [2.05, 4.69) is 26.2 Å². The molecular weight excluding hydrogens is 451 g/mol. The molecule has 0 aliphatic carbocycles. The molecule has 0 radical (unpaired) electrons. The number of pyridine rings is 1. The maximum absolute atomic E-state index is 14.5. The number of hydrogen-bond donors (Lipinski definition) is 2. The Morgan fingerprint density at radius 3 is 2.75 bits per heavy atom. The van der Waals surface area contributed by atoms with Gasteiger partial charge in [0.05, 0.1) is 27.1 Å². The van der Waals surface area contributed by atoms with Crippen LogP contribution < -0.4 is 11.1 Å².